The van der Waals surface area contributed by atoms with Crippen molar-refractivity contribution in [3.63, 3.8) is 0 Å². The van der Waals surface area contributed by atoms with Gasteiger partial charge < -0.3 is 16.0 Å². The SMILES string of the molecule is C[C@H]([NH2+]CC(=O)Nc1ccccc1C(=O)NC1CC1)c1ccc(Cl)cc1. The zero-order valence-corrected chi connectivity index (χ0v) is 15.4. The molecule has 1 aliphatic carbocycles. The summed E-state index contributed by atoms with van der Waals surface area (Å²) >= 11 is 5.90. The predicted molar refractivity (Wildman–Crippen MR) is 102 cm³/mol. The summed E-state index contributed by atoms with van der Waals surface area (Å²) in [6.07, 6.45) is 2.05. The standard InChI is InChI=1S/C20H22ClN3O2/c1-13(14-6-8-15(21)9-7-14)22-12-19(25)24-18-5-3-2-4-17(18)20(26)23-16-10-11-16/h2-9,13,16,22H,10-12H2,1H3,(H,23,26)(H,24,25)/p+1/t13-/m0/s1. The van der Waals surface area contributed by atoms with Crippen LogP contribution in [0, 0.1) is 0 Å². The Labute approximate surface area is 158 Å². The molecular formula is C20H23ClN3O2+. The van der Waals surface area contributed by atoms with Crippen LogP contribution in [-0.4, -0.2) is 24.4 Å². The number of carbonyl (C=O) groups excluding carboxylic acids is 2. The molecule has 136 valence electrons. The third-order valence-electron chi connectivity index (χ3n) is 4.41. The van der Waals surface area contributed by atoms with Gasteiger partial charge in [0, 0.05) is 16.6 Å². The predicted octanol–water partition coefficient (Wildman–Crippen LogP) is 2.50. The van der Waals surface area contributed by atoms with Crippen molar-refractivity contribution < 1.29 is 14.9 Å². The van der Waals surface area contributed by atoms with Gasteiger partial charge in [0.1, 0.15) is 6.04 Å². The first kappa shape index (κ1) is 18.4. The molecule has 0 saturated heterocycles. The molecule has 1 fully saturated rings. The van der Waals surface area contributed by atoms with E-state index in [0.717, 1.165) is 18.4 Å². The van der Waals surface area contributed by atoms with E-state index in [2.05, 4.69) is 10.6 Å². The highest BCUT2D eigenvalue weighted by molar-refractivity contribution is 6.30. The molecule has 26 heavy (non-hydrogen) atoms. The first-order valence-electron chi connectivity index (χ1n) is 8.81. The number of carbonyl (C=O) groups is 2. The number of nitrogens with one attached hydrogen (secondary N) is 2. The highest BCUT2D eigenvalue weighted by atomic mass is 35.5. The van der Waals surface area contributed by atoms with Crippen LogP contribution in [0.3, 0.4) is 0 Å². The molecule has 1 aliphatic rings. The molecule has 2 aromatic rings. The minimum Gasteiger partial charge on any atom is -0.349 e. The van der Waals surface area contributed by atoms with Crippen LogP contribution in [0.5, 0.6) is 0 Å². The number of anilines is 1. The van der Waals surface area contributed by atoms with Gasteiger partial charge >= 0.3 is 0 Å². The highest BCUT2D eigenvalue weighted by Gasteiger charge is 2.25. The molecule has 0 heterocycles. The molecular weight excluding hydrogens is 350 g/mol. The largest absolute Gasteiger partial charge is 0.349 e. The molecule has 1 saturated carbocycles. The molecule has 2 amide bonds. The number of hydrogen-bond donors (Lipinski definition) is 3. The Morgan fingerprint density at radius 3 is 2.54 bits per heavy atom. The maximum absolute atomic E-state index is 12.3. The quantitative estimate of drug-likeness (QED) is 0.698. The second-order valence-electron chi connectivity index (χ2n) is 6.62. The fraction of sp³-hybridized carbons (Fsp3) is 0.300. The zero-order valence-electron chi connectivity index (χ0n) is 14.7. The van der Waals surface area contributed by atoms with E-state index < -0.39 is 0 Å². The topological polar surface area (TPSA) is 74.8 Å². The number of quaternary nitrogens is 1. The smallest absolute Gasteiger partial charge is 0.279 e. The van der Waals surface area contributed by atoms with E-state index in [0.29, 0.717) is 16.3 Å². The van der Waals surface area contributed by atoms with Crippen molar-refractivity contribution in [3.05, 3.63) is 64.7 Å². The Morgan fingerprint density at radius 1 is 1.15 bits per heavy atom. The van der Waals surface area contributed by atoms with Gasteiger partial charge in [-0.25, -0.2) is 0 Å². The van der Waals surface area contributed by atoms with E-state index in [4.69, 9.17) is 11.6 Å². The van der Waals surface area contributed by atoms with Gasteiger partial charge in [-0.3, -0.25) is 9.59 Å². The molecule has 3 rings (SSSR count). The summed E-state index contributed by atoms with van der Waals surface area (Å²) in [6.45, 7) is 2.30. The lowest BCUT2D eigenvalue weighted by molar-refractivity contribution is -0.682. The third-order valence-corrected chi connectivity index (χ3v) is 4.66. The Kier molecular flexibility index (Phi) is 5.91. The number of nitrogens with two attached hydrogens (primary N) is 1. The van der Waals surface area contributed by atoms with E-state index in [9.17, 15) is 9.59 Å². The summed E-state index contributed by atoms with van der Waals surface area (Å²) in [5.74, 6) is -0.278. The lowest BCUT2D eigenvalue weighted by Gasteiger charge is -2.13. The van der Waals surface area contributed by atoms with E-state index in [1.54, 1.807) is 18.2 Å². The second-order valence-corrected chi connectivity index (χ2v) is 7.06. The van der Waals surface area contributed by atoms with Crippen molar-refractivity contribution in [1.82, 2.24) is 5.32 Å². The Morgan fingerprint density at radius 2 is 1.85 bits per heavy atom. The average Bonchev–Trinajstić information content (AvgIpc) is 3.44. The van der Waals surface area contributed by atoms with Crippen LogP contribution >= 0.6 is 11.6 Å². The fourth-order valence-electron chi connectivity index (χ4n) is 2.67. The molecule has 0 aliphatic heterocycles. The Bertz CT molecular complexity index is 788. The van der Waals surface area contributed by atoms with Gasteiger partial charge in [-0.15, -0.1) is 0 Å². The van der Waals surface area contributed by atoms with Crippen molar-refractivity contribution in [2.75, 3.05) is 11.9 Å². The number of hydrogen-bond acceptors (Lipinski definition) is 2. The van der Waals surface area contributed by atoms with Gasteiger partial charge in [0.15, 0.2) is 6.54 Å². The molecule has 0 unspecified atom stereocenters. The molecule has 0 aromatic heterocycles. The summed E-state index contributed by atoms with van der Waals surface area (Å²) in [7, 11) is 0. The summed E-state index contributed by atoms with van der Waals surface area (Å²) in [5.41, 5.74) is 2.15. The number of benzene rings is 2. The first-order valence-corrected chi connectivity index (χ1v) is 9.19. The van der Waals surface area contributed by atoms with Crippen LogP contribution in [-0.2, 0) is 4.79 Å². The fourth-order valence-corrected chi connectivity index (χ4v) is 2.79. The van der Waals surface area contributed by atoms with Crippen molar-refractivity contribution in [2.45, 2.75) is 31.8 Å². The van der Waals surface area contributed by atoms with E-state index in [1.807, 2.05) is 42.6 Å². The number of amides is 2. The molecule has 6 heteroatoms. The first-order chi connectivity index (χ1) is 12.5. The van der Waals surface area contributed by atoms with Gasteiger partial charge in [-0.05, 0) is 44.0 Å². The normalized spacial score (nSPS) is 14.5. The maximum Gasteiger partial charge on any atom is 0.279 e. The molecule has 1 atom stereocenters. The van der Waals surface area contributed by atoms with Gasteiger partial charge in [-0.1, -0.05) is 35.9 Å². The van der Waals surface area contributed by atoms with Gasteiger partial charge in [-0.2, -0.15) is 0 Å². The highest BCUT2D eigenvalue weighted by Crippen LogP contribution is 2.21. The van der Waals surface area contributed by atoms with Crippen LogP contribution in [0.2, 0.25) is 5.02 Å². The number of rotatable bonds is 7. The number of para-hydroxylation sites is 1. The average molecular weight is 373 g/mol. The van der Waals surface area contributed by atoms with Gasteiger partial charge in [0.05, 0.1) is 11.3 Å². The molecule has 0 radical (unpaired) electrons. The Balaban J connectivity index is 1.56. The summed E-state index contributed by atoms with van der Waals surface area (Å²) < 4.78 is 0. The summed E-state index contributed by atoms with van der Waals surface area (Å²) in [5, 5.41) is 8.44. The van der Waals surface area contributed by atoms with Crippen molar-refractivity contribution in [3.8, 4) is 0 Å². The van der Waals surface area contributed by atoms with E-state index in [1.165, 1.54) is 0 Å². The van der Waals surface area contributed by atoms with Crippen molar-refractivity contribution >= 4 is 29.1 Å². The zero-order chi connectivity index (χ0) is 18.5. The van der Waals surface area contributed by atoms with Crippen LogP contribution in [0.15, 0.2) is 48.5 Å². The lowest BCUT2D eigenvalue weighted by atomic mass is 10.1. The maximum atomic E-state index is 12.3. The summed E-state index contributed by atoms with van der Waals surface area (Å²) in [4.78, 5) is 24.6. The lowest BCUT2D eigenvalue weighted by Crippen LogP contribution is -2.86. The minimum absolute atomic E-state index is 0.131. The Hall–Kier alpha value is -2.37. The molecule has 5 nitrogen and oxygen atoms in total. The second kappa shape index (κ2) is 8.34. The van der Waals surface area contributed by atoms with Crippen LogP contribution in [0.25, 0.3) is 0 Å². The van der Waals surface area contributed by atoms with Crippen molar-refractivity contribution in [1.29, 1.82) is 0 Å². The molecule has 4 N–H and O–H groups in total. The van der Waals surface area contributed by atoms with Crippen LogP contribution < -0.4 is 16.0 Å². The molecule has 0 spiro atoms. The third kappa shape index (κ3) is 5.07. The van der Waals surface area contributed by atoms with E-state index in [-0.39, 0.29) is 30.4 Å². The van der Waals surface area contributed by atoms with Crippen LogP contribution in [0.1, 0.15) is 41.7 Å². The molecule has 2 aromatic carbocycles. The van der Waals surface area contributed by atoms with E-state index >= 15 is 0 Å². The summed E-state index contributed by atoms with van der Waals surface area (Å²) in [6, 6.07) is 15.1. The minimum atomic E-state index is -0.141. The van der Waals surface area contributed by atoms with Crippen LogP contribution in [0.4, 0.5) is 5.69 Å². The monoisotopic (exact) mass is 372 g/mol. The van der Waals surface area contributed by atoms with Gasteiger partial charge in [0.25, 0.3) is 11.8 Å². The number of halogens is 1. The molecule has 0 bridgehead atoms. The van der Waals surface area contributed by atoms with Gasteiger partial charge in [0.2, 0.25) is 0 Å². The van der Waals surface area contributed by atoms with Crippen molar-refractivity contribution in [2.24, 2.45) is 0 Å².